The highest BCUT2D eigenvalue weighted by Gasteiger charge is 2.33. The molecule has 2 heterocycles. The van der Waals surface area contributed by atoms with Crippen molar-refractivity contribution in [2.75, 3.05) is 31.6 Å². The maximum atomic E-state index is 11.2. The average Bonchev–Trinajstić information content (AvgIpc) is 3.29. The molecule has 3 rings (SSSR count). The highest BCUT2D eigenvalue weighted by Crippen LogP contribution is 2.30. The van der Waals surface area contributed by atoms with Gasteiger partial charge in [-0.25, -0.2) is 4.68 Å². The molecule has 0 radical (unpaired) electrons. The number of nitrogens with one attached hydrogen (secondary N) is 1. The van der Waals surface area contributed by atoms with Crippen molar-refractivity contribution < 1.29 is 9.66 Å². The van der Waals surface area contributed by atoms with Crippen LogP contribution in [0.3, 0.4) is 0 Å². The zero-order valence-corrected chi connectivity index (χ0v) is 13.1. The van der Waals surface area contributed by atoms with E-state index in [0.717, 1.165) is 25.7 Å². The second kappa shape index (κ2) is 6.21. The number of anilines is 1. The molecule has 0 bridgehead atoms. The summed E-state index contributed by atoms with van der Waals surface area (Å²) in [7, 11) is 0. The highest BCUT2D eigenvalue weighted by molar-refractivity contribution is 5.59. The molecule has 0 aromatic carbocycles. The Morgan fingerprint density at radius 1 is 1.50 bits per heavy atom. The average molecular weight is 309 g/mol. The number of ether oxygens (including phenoxy) is 1. The van der Waals surface area contributed by atoms with Gasteiger partial charge in [0.2, 0.25) is 5.82 Å². The Labute approximate surface area is 129 Å². The molecule has 1 N–H and O–H groups in total. The quantitative estimate of drug-likeness (QED) is 0.631. The van der Waals surface area contributed by atoms with E-state index in [-0.39, 0.29) is 16.7 Å². The zero-order chi connectivity index (χ0) is 15.7. The topological polar surface area (TPSA) is 85.5 Å². The third-order valence-electron chi connectivity index (χ3n) is 4.31. The fourth-order valence-electron chi connectivity index (χ4n) is 3.04. The van der Waals surface area contributed by atoms with Gasteiger partial charge < -0.3 is 10.1 Å². The molecule has 1 aliphatic carbocycles. The van der Waals surface area contributed by atoms with E-state index in [2.05, 4.69) is 15.3 Å². The minimum absolute atomic E-state index is 0.0643. The number of morpholine rings is 1. The molecule has 8 heteroatoms. The fraction of sp³-hybridized carbons (Fsp3) is 0.786. The maximum absolute atomic E-state index is 11.2. The second-order valence-corrected chi connectivity index (χ2v) is 5.96. The molecule has 1 saturated heterocycles. The van der Waals surface area contributed by atoms with Crippen LogP contribution in [-0.4, -0.2) is 58.0 Å². The van der Waals surface area contributed by atoms with Crippen molar-refractivity contribution in [3.8, 4) is 0 Å². The lowest BCUT2D eigenvalue weighted by Gasteiger charge is -2.33. The standard InChI is InChI=1S/C14H23N5O3/c1-3-18-14(13(19(20)21)10(2)16-18)15-8-12-9-17(6-7-22-12)11-4-5-11/h11-12,15H,3-9H2,1-2H3/t12-/m1/s1. The lowest BCUT2D eigenvalue weighted by Crippen LogP contribution is -2.46. The van der Waals surface area contributed by atoms with Crippen LogP contribution in [0.25, 0.3) is 0 Å². The van der Waals surface area contributed by atoms with Crippen LogP contribution >= 0.6 is 0 Å². The summed E-state index contributed by atoms with van der Waals surface area (Å²) in [6.45, 7) is 7.37. The summed E-state index contributed by atoms with van der Waals surface area (Å²) in [5, 5.41) is 18.7. The van der Waals surface area contributed by atoms with Crippen molar-refractivity contribution in [2.24, 2.45) is 0 Å². The Bertz CT molecular complexity index is 555. The molecule has 0 unspecified atom stereocenters. The first kappa shape index (κ1) is 15.2. The summed E-state index contributed by atoms with van der Waals surface area (Å²) < 4.78 is 7.43. The zero-order valence-electron chi connectivity index (χ0n) is 13.1. The molecule has 1 aromatic heterocycles. The van der Waals surface area contributed by atoms with Gasteiger partial charge in [0.25, 0.3) is 0 Å². The van der Waals surface area contributed by atoms with E-state index in [1.807, 2.05) is 6.92 Å². The predicted octanol–water partition coefficient (Wildman–Crippen LogP) is 1.39. The van der Waals surface area contributed by atoms with Crippen molar-refractivity contribution in [3.63, 3.8) is 0 Å². The van der Waals surface area contributed by atoms with Gasteiger partial charge in [0.1, 0.15) is 5.69 Å². The summed E-state index contributed by atoms with van der Waals surface area (Å²) >= 11 is 0. The number of hydrogen-bond donors (Lipinski definition) is 1. The molecule has 0 spiro atoms. The second-order valence-electron chi connectivity index (χ2n) is 5.96. The first-order chi connectivity index (χ1) is 10.6. The summed E-state index contributed by atoms with van der Waals surface area (Å²) in [4.78, 5) is 13.3. The van der Waals surface area contributed by atoms with Gasteiger partial charge in [0, 0.05) is 32.2 Å². The molecule has 122 valence electrons. The van der Waals surface area contributed by atoms with Gasteiger partial charge in [-0.05, 0) is 26.7 Å². The Morgan fingerprint density at radius 3 is 2.91 bits per heavy atom. The van der Waals surface area contributed by atoms with Crippen LogP contribution in [0.5, 0.6) is 0 Å². The Hall–Kier alpha value is -1.67. The van der Waals surface area contributed by atoms with Crippen molar-refractivity contribution in [2.45, 2.75) is 45.4 Å². The van der Waals surface area contributed by atoms with E-state index in [1.54, 1.807) is 11.6 Å². The summed E-state index contributed by atoms with van der Waals surface area (Å²) in [6, 6.07) is 0.726. The fourth-order valence-corrected chi connectivity index (χ4v) is 3.04. The van der Waals surface area contributed by atoms with E-state index in [0.29, 0.717) is 24.6 Å². The van der Waals surface area contributed by atoms with Crippen molar-refractivity contribution in [1.29, 1.82) is 0 Å². The maximum Gasteiger partial charge on any atom is 0.333 e. The molecule has 1 saturated carbocycles. The lowest BCUT2D eigenvalue weighted by atomic mass is 10.2. The van der Waals surface area contributed by atoms with Crippen LogP contribution < -0.4 is 5.32 Å². The smallest absolute Gasteiger partial charge is 0.333 e. The van der Waals surface area contributed by atoms with Gasteiger partial charge in [0.15, 0.2) is 0 Å². The summed E-state index contributed by atoms with van der Waals surface area (Å²) in [6.07, 6.45) is 2.63. The van der Waals surface area contributed by atoms with Gasteiger partial charge in [-0.3, -0.25) is 15.0 Å². The van der Waals surface area contributed by atoms with E-state index in [1.165, 1.54) is 12.8 Å². The van der Waals surface area contributed by atoms with E-state index < -0.39 is 0 Å². The Morgan fingerprint density at radius 2 is 2.27 bits per heavy atom. The molecule has 1 aromatic rings. The van der Waals surface area contributed by atoms with E-state index in [9.17, 15) is 10.1 Å². The molecule has 2 fully saturated rings. The monoisotopic (exact) mass is 309 g/mol. The van der Waals surface area contributed by atoms with E-state index in [4.69, 9.17) is 4.74 Å². The number of hydrogen-bond acceptors (Lipinski definition) is 6. The number of rotatable bonds is 6. The minimum atomic E-state index is -0.366. The third kappa shape index (κ3) is 3.07. The minimum Gasteiger partial charge on any atom is -0.374 e. The van der Waals surface area contributed by atoms with Crippen LogP contribution in [0, 0.1) is 17.0 Å². The van der Waals surface area contributed by atoms with Crippen LogP contribution in [0.2, 0.25) is 0 Å². The Balaban J connectivity index is 1.66. The predicted molar refractivity (Wildman–Crippen MR) is 82.1 cm³/mol. The van der Waals surface area contributed by atoms with Crippen molar-refractivity contribution >= 4 is 11.5 Å². The third-order valence-corrected chi connectivity index (χ3v) is 4.31. The number of nitro groups is 1. The molecule has 2 aliphatic rings. The van der Waals surface area contributed by atoms with E-state index >= 15 is 0 Å². The van der Waals surface area contributed by atoms with Gasteiger partial charge >= 0.3 is 5.69 Å². The normalized spacial score (nSPS) is 22.7. The van der Waals surface area contributed by atoms with Crippen LogP contribution in [-0.2, 0) is 11.3 Å². The summed E-state index contributed by atoms with van der Waals surface area (Å²) in [5.74, 6) is 0.483. The van der Waals surface area contributed by atoms with Crippen LogP contribution in [0.4, 0.5) is 11.5 Å². The molecular weight excluding hydrogens is 286 g/mol. The molecule has 0 amide bonds. The van der Waals surface area contributed by atoms with Crippen LogP contribution in [0.15, 0.2) is 0 Å². The largest absolute Gasteiger partial charge is 0.374 e. The molecular formula is C14H23N5O3. The SMILES string of the molecule is CCn1nc(C)c([N+](=O)[O-])c1NC[C@@H]1CN(C2CC2)CCO1. The van der Waals surface area contributed by atoms with Gasteiger partial charge in [-0.1, -0.05) is 0 Å². The van der Waals surface area contributed by atoms with Crippen molar-refractivity contribution in [3.05, 3.63) is 15.8 Å². The number of nitrogens with zero attached hydrogens (tertiary/aromatic N) is 4. The first-order valence-corrected chi connectivity index (χ1v) is 7.91. The van der Waals surface area contributed by atoms with Crippen molar-refractivity contribution in [1.82, 2.24) is 14.7 Å². The first-order valence-electron chi connectivity index (χ1n) is 7.91. The lowest BCUT2D eigenvalue weighted by molar-refractivity contribution is -0.384. The number of aryl methyl sites for hydroxylation is 2. The number of aromatic nitrogens is 2. The van der Waals surface area contributed by atoms with Crippen LogP contribution in [0.1, 0.15) is 25.5 Å². The Kier molecular flexibility index (Phi) is 4.30. The highest BCUT2D eigenvalue weighted by atomic mass is 16.6. The summed E-state index contributed by atoms with van der Waals surface area (Å²) in [5.41, 5.74) is 0.509. The molecule has 8 nitrogen and oxygen atoms in total. The van der Waals surface area contributed by atoms with Gasteiger partial charge in [-0.2, -0.15) is 5.10 Å². The molecule has 1 atom stereocenters. The van der Waals surface area contributed by atoms with Gasteiger partial charge in [0.05, 0.1) is 17.6 Å². The van der Waals surface area contributed by atoms with Gasteiger partial charge in [-0.15, -0.1) is 0 Å². The molecule has 1 aliphatic heterocycles. The molecule has 22 heavy (non-hydrogen) atoms.